The second-order valence-electron chi connectivity index (χ2n) is 13.2. The van der Waals surface area contributed by atoms with Crippen LogP contribution >= 0.6 is 33.9 Å². The molecule has 278 valence electrons. The molecular formula is C36H39F4IN6O4S. The first-order valence-corrected chi connectivity index (χ1v) is 19.2. The molecule has 0 aliphatic carbocycles. The molecule has 2 amide bonds. The van der Waals surface area contributed by atoms with Crippen LogP contribution in [0.15, 0.2) is 48.8 Å². The number of aromatic nitrogens is 2. The van der Waals surface area contributed by atoms with Gasteiger partial charge < -0.3 is 19.5 Å². The van der Waals surface area contributed by atoms with Gasteiger partial charge in [-0.15, -0.1) is 11.3 Å². The van der Waals surface area contributed by atoms with Gasteiger partial charge in [0.1, 0.15) is 10.8 Å². The lowest BCUT2D eigenvalue weighted by atomic mass is 10.0. The third-order valence-electron chi connectivity index (χ3n) is 9.73. The van der Waals surface area contributed by atoms with Crippen molar-refractivity contribution in [3.63, 3.8) is 0 Å². The number of carbonyl (C=O) groups excluding carboxylic acids is 3. The molecule has 0 saturated carbocycles. The second-order valence-corrected chi connectivity index (χ2v) is 15.1. The van der Waals surface area contributed by atoms with Gasteiger partial charge in [-0.2, -0.15) is 13.2 Å². The molecule has 10 nitrogen and oxygen atoms in total. The molecule has 2 aliphatic heterocycles. The minimum absolute atomic E-state index is 0.120. The van der Waals surface area contributed by atoms with E-state index in [9.17, 15) is 27.6 Å². The highest BCUT2D eigenvalue weighted by Crippen LogP contribution is 2.38. The minimum atomic E-state index is -4.27. The minimum Gasteiger partial charge on any atom is -0.469 e. The molecule has 0 spiro atoms. The van der Waals surface area contributed by atoms with E-state index in [1.54, 1.807) is 23.4 Å². The lowest BCUT2D eigenvalue weighted by Gasteiger charge is -2.38. The Bertz CT molecular complexity index is 1940. The Morgan fingerprint density at radius 3 is 2.56 bits per heavy atom. The highest BCUT2D eigenvalue weighted by molar-refractivity contribution is 14.1. The monoisotopic (exact) mass is 854 g/mol. The average Bonchev–Trinajstić information content (AvgIpc) is 3.85. The summed E-state index contributed by atoms with van der Waals surface area (Å²) >= 11 is 3.54. The van der Waals surface area contributed by atoms with Crippen molar-refractivity contribution in [3.05, 3.63) is 81.2 Å². The average molecular weight is 855 g/mol. The van der Waals surface area contributed by atoms with E-state index in [1.807, 2.05) is 35.9 Å². The topological polar surface area (TPSA) is 100 Å². The maximum Gasteiger partial charge on any atom is 0.401 e. The number of benzene rings is 2. The van der Waals surface area contributed by atoms with Crippen LogP contribution in [0.2, 0.25) is 0 Å². The van der Waals surface area contributed by atoms with Crippen LogP contribution in [-0.2, 0) is 38.6 Å². The number of rotatable bonds is 11. The molecule has 2 atom stereocenters. The number of methoxy groups -OCH3 is 1. The number of hydrogen-bond donors (Lipinski definition) is 1. The first-order valence-electron chi connectivity index (χ1n) is 16.9. The molecule has 2 aliphatic rings. The molecule has 6 rings (SSSR count). The molecule has 2 saturated heterocycles. The Labute approximate surface area is 316 Å². The SMILES string of the molecule is COC(=O)CCc1cnc([C@@H]2C[C@H](N3CCN(CC(F)(F)F)CC3)CN2C(=O)Cc2cc(CI)c(NC(=O)c3cn(C)c4ccccc34)cc2F)s1. The summed E-state index contributed by atoms with van der Waals surface area (Å²) in [4.78, 5) is 49.8. The third kappa shape index (κ3) is 8.77. The van der Waals surface area contributed by atoms with Gasteiger partial charge in [0.05, 0.1) is 38.1 Å². The highest BCUT2D eigenvalue weighted by atomic mass is 127. The number of esters is 1. The maximum atomic E-state index is 15.8. The number of piperazine rings is 1. The molecular weight excluding hydrogens is 815 g/mol. The van der Waals surface area contributed by atoms with E-state index in [0.717, 1.165) is 15.8 Å². The van der Waals surface area contributed by atoms with Gasteiger partial charge in [-0.1, -0.05) is 40.8 Å². The second kappa shape index (κ2) is 16.2. The fourth-order valence-electron chi connectivity index (χ4n) is 7.06. The predicted molar refractivity (Wildman–Crippen MR) is 198 cm³/mol. The summed E-state index contributed by atoms with van der Waals surface area (Å²) in [6, 6.07) is 9.86. The zero-order valence-corrected chi connectivity index (χ0v) is 31.7. The van der Waals surface area contributed by atoms with Crippen molar-refractivity contribution in [1.82, 2.24) is 24.3 Å². The van der Waals surface area contributed by atoms with Gasteiger partial charge in [0.2, 0.25) is 5.91 Å². The number of alkyl halides is 4. The number of aryl methyl sites for hydroxylation is 2. The quantitative estimate of drug-likeness (QED) is 0.0840. The molecule has 4 heterocycles. The summed E-state index contributed by atoms with van der Waals surface area (Å²) in [5.41, 5.74) is 2.54. The Morgan fingerprint density at radius 2 is 1.85 bits per heavy atom. The van der Waals surface area contributed by atoms with Crippen LogP contribution in [0, 0.1) is 5.82 Å². The van der Waals surface area contributed by atoms with Gasteiger partial charge in [0.25, 0.3) is 5.91 Å². The Kier molecular flexibility index (Phi) is 11.9. The summed E-state index contributed by atoms with van der Waals surface area (Å²) in [5.74, 6) is -1.64. The fraction of sp³-hybridized carbons (Fsp3) is 0.444. The molecule has 1 N–H and O–H groups in total. The van der Waals surface area contributed by atoms with E-state index in [2.05, 4.69) is 37.8 Å². The number of likely N-dealkylation sites (tertiary alicyclic amines) is 1. The van der Waals surface area contributed by atoms with Gasteiger partial charge >= 0.3 is 12.1 Å². The number of halogens is 5. The lowest BCUT2D eigenvalue weighted by molar-refractivity contribution is -0.150. The van der Waals surface area contributed by atoms with Crippen LogP contribution < -0.4 is 5.32 Å². The van der Waals surface area contributed by atoms with E-state index in [1.165, 1.54) is 29.4 Å². The van der Waals surface area contributed by atoms with Gasteiger partial charge in [-0.05, 0) is 42.2 Å². The van der Waals surface area contributed by atoms with Crippen molar-refractivity contribution < 1.29 is 36.7 Å². The smallest absolute Gasteiger partial charge is 0.401 e. The highest BCUT2D eigenvalue weighted by Gasteiger charge is 2.42. The van der Waals surface area contributed by atoms with Gasteiger partial charge in [-0.3, -0.25) is 24.2 Å². The van der Waals surface area contributed by atoms with Crippen LogP contribution in [-0.4, -0.2) is 101 Å². The molecule has 0 bridgehead atoms. The largest absolute Gasteiger partial charge is 0.469 e. The van der Waals surface area contributed by atoms with E-state index in [-0.39, 0.29) is 55.3 Å². The number of thiazole rings is 1. The van der Waals surface area contributed by atoms with E-state index < -0.39 is 24.6 Å². The number of hydrogen-bond acceptors (Lipinski definition) is 8. The van der Waals surface area contributed by atoms with Crippen LogP contribution in [0.25, 0.3) is 10.9 Å². The number of nitrogens with one attached hydrogen (secondary N) is 1. The maximum absolute atomic E-state index is 15.8. The third-order valence-corrected chi connectivity index (χ3v) is 11.7. The zero-order valence-electron chi connectivity index (χ0n) is 28.7. The molecule has 0 unspecified atom stereocenters. The fourth-order valence-corrected chi connectivity index (χ4v) is 8.73. The van der Waals surface area contributed by atoms with Gasteiger partial charge in [0, 0.05) is 84.1 Å². The first-order chi connectivity index (χ1) is 24.8. The summed E-state index contributed by atoms with van der Waals surface area (Å²) in [6.45, 7) is 0.742. The zero-order chi connectivity index (χ0) is 37.2. The number of fused-ring (bicyclic) bond motifs is 1. The van der Waals surface area contributed by atoms with Crippen molar-refractivity contribution in [2.75, 3.05) is 51.7 Å². The summed E-state index contributed by atoms with van der Waals surface area (Å²) in [7, 11) is 3.18. The molecule has 2 aromatic heterocycles. The lowest BCUT2D eigenvalue weighted by Crippen LogP contribution is -2.52. The molecule has 4 aromatic rings. The summed E-state index contributed by atoms with van der Waals surface area (Å²) in [5, 5.41) is 4.33. The molecule has 0 radical (unpaired) electrons. The number of nitrogens with zero attached hydrogens (tertiary/aromatic N) is 5. The molecule has 2 aromatic carbocycles. The number of para-hydroxylation sites is 1. The number of carbonyl (C=O) groups is 3. The number of amides is 2. The van der Waals surface area contributed by atoms with Crippen molar-refractivity contribution in [1.29, 1.82) is 0 Å². The molecule has 52 heavy (non-hydrogen) atoms. The summed E-state index contributed by atoms with van der Waals surface area (Å²) < 4.78 is 61.9. The van der Waals surface area contributed by atoms with Crippen LogP contribution in [0.1, 0.15) is 50.3 Å². The van der Waals surface area contributed by atoms with Crippen molar-refractivity contribution >= 4 is 68.3 Å². The summed E-state index contributed by atoms with van der Waals surface area (Å²) in [6.07, 6.45) is 0.0711. The van der Waals surface area contributed by atoms with Crippen molar-refractivity contribution in [3.8, 4) is 0 Å². The van der Waals surface area contributed by atoms with Crippen molar-refractivity contribution in [2.24, 2.45) is 7.05 Å². The number of anilines is 1. The van der Waals surface area contributed by atoms with E-state index in [0.29, 0.717) is 58.7 Å². The van der Waals surface area contributed by atoms with Crippen molar-refractivity contribution in [2.45, 2.75) is 48.4 Å². The Balaban J connectivity index is 1.19. The first kappa shape index (κ1) is 38.1. The predicted octanol–water partition coefficient (Wildman–Crippen LogP) is 6.13. The standard InChI is InChI=1S/C36H39F4IN6O4S/c1-44-20-27(26-5-3-4-6-30(26)44)34(50)43-29-16-28(37)22(13-23(29)17-41)14-32(48)47-19-24(46-11-9-45(10-12-46)21-36(38,39)40)15-31(47)35-42-18-25(52-35)7-8-33(49)51-2/h3-6,13,16,18,20,24,31H,7-12,14-15,17,19,21H2,1-2H3,(H,43,50)/t24-,31-/m0/s1. The Hall–Kier alpha value is -3.61. The number of ether oxygens (including phenoxy) is 1. The normalized spacial score (nSPS) is 18.6. The molecule has 2 fully saturated rings. The van der Waals surface area contributed by atoms with Crippen LogP contribution in [0.5, 0.6) is 0 Å². The van der Waals surface area contributed by atoms with Crippen LogP contribution in [0.4, 0.5) is 23.2 Å². The Morgan fingerprint density at radius 1 is 1.10 bits per heavy atom. The van der Waals surface area contributed by atoms with Gasteiger partial charge in [0.15, 0.2) is 0 Å². The molecule has 16 heteroatoms. The van der Waals surface area contributed by atoms with Gasteiger partial charge in [-0.25, -0.2) is 9.37 Å². The van der Waals surface area contributed by atoms with Crippen LogP contribution in [0.3, 0.4) is 0 Å². The van der Waals surface area contributed by atoms with E-state index in [4.69, 9.17) is 4.74 Å². The van der Waals surface area contributed by atoms with E-state index >= 15 is 4.39 Å².